The predicted octanol–water partition coefficient (Wildman–Crippen LogP) is 5.05. The topological polar surface area (TPSA) is 89.7 Å². The van der Waals surface area contributed by atoms with Crippen molar-refractivity contribution in [3.8, 4) is 16.9 Å². The Kier molecular flexibility index (Phi) is 7.17. The fourth-order valence-corrected chi connectivity index (χ4v) is 3.84. The first kappa shape index (κ1) is 26.1. The summed E-state index contributed by atoms with van der Waals surface area (Å²) in [5, 5.41) is 18.2. The van der Waals surface area contributed by atoms with Crippen LogP contribution in [0.3, 0.4) is 0 Å². The van der Waals surface area contributed by atoms with Gasteiger partial charge in [0, 0.05) is 42.1 Å². The van der Waals surface area contributed by atoms with Gasteiger partial charge in [-0.15, -0.1) is 5.10 Å². The van der Waals surface area contributed by atoms with Gasteiger partial charge < -0.3 is 10.6 Å². The smallest absolute Gasteiger partial charge is 0.322 e. The lowest BCUT2D eigenvalue weighted by Crippen LogP contribution is -2.24. The maximum Gasteiger partial charge on any atom is 0.416 e. The van der Waals surface area contributed by atoms with E-state index in [2.05, 4.69) is 26.0 Å². The van der Waals surface area contributed by atoms with E-state index in [0.29, 0.717) is 11.4 Å². The Balaban J connectivity index is 1.59. The van der Waals surface area contributed by atoms with E-state index in [4.69, 9.17) is 0 Å². The molecule has 37 heavy (non-hydrogen) atoms. The molecule has 0 saturated carbocycles. The van der Waals surface area contributed by atoms with Crippen molar-refractivity contribution in [1.29, 1.82) is 0 Å². The van der Waals surface area contributed by atoms with Gasteiger partial charge in [-0.2, -0.15) is 18.3 Å². The highest BCUT2D eigenvalue weighted by Gasteiger charge is 2.33. The molecule has 0 unspecified atom stereocenters. The molecule has 8 nitrogen and oxygen atoms in total. The van der Waals surface area contributed by atoms with E-state index in [0.717, 1.165) is 22.9 Å². The summed E-state index contributed by atoms with van der Waals surface area (Å²) in [7, 11) is 1.84. The van der Waals surface area contributed by atoms with Crippen molar-refractivity contribution in [2.24, 2.45) is 7.05 Å². The molecular formula is C26H28F3N7O. The summed E-state index contributed by atoms with van der Waals surface area (Å²) in [4.78, 5) is 13.0. The maximum absolute atomic E-state index is 13.7. The average molecular weight is 512 g/mol. The third kappa shape index (κ3) is 5.72. The van der Waals surface area contributed by atoms with Crippen LogP contribution in [0, 0.1) is 13.8 Å². The summed E-state index contributed by atoms with van der Waals surface area (Å²) in [5.74, 6) is -0.536. The zero-order valence-corrected chi connectivity index (χ0v) is 21.2. The lowest BCUT2D eigenvalue weighted by molar-refractivity contribution is -0.138. The molecule has 2 aromatic heterocycles. The second-order valence-corrected chi connectivity index (χ2v) is 9.18. The molecule has 0 aliphatic carbocycles. The van der Waals surface area contributed by atoms with Crippen molar-refractivity contribution in [3.05, 3.63) is 76.7 Å². The van der Waals surface area contributed by atoms with Crippen LogP contribution in [0.15, 0.2) is 48.8 Å². The van der Waals surface area contributed by atoms with Gasteiger partial charge in [0.1, 0.15) is 5.69 Å². The molecular weight excluding hydrogens is 483 g/mol. The average Bonchev–Trinajstić information content (AvgIpc) is 3.44. The highest BCUT2D eigenvalue weighted by Crippen LogP contribution is 2.34. The normalized spacial score (nSPS) is 11.8. The Labute approximate surface area is 212 Å². The van der Waals surface area contributed by atoms with Crippen LogP contribution < -0.4 is 10.6 Å². The number of carbonyl (C=O) groups is 1. The first-order valence-corrected chi connectivity index (χ1v) is 11.7. The van der Waals surface area contributed by atoms with Gasteiger partial charge >= 0.3 is 6.18 Å². The van der Waals surface area contributed by atoms with Gasteiger partial charge in [-0.3, -0.25) is 9.48 Å². The molecule has 0 atom stereocenters. The summed E-state index contributed by atoms with van der Waals surface area (Å²) < 4.78 is 44.4. The number of hydrogen-bond donors (Lipinski definition) is 2. The Morgan fingerprint density at radius 1 is 1.11 bits per heavy atom. The Morgan fingerprint density at radius 2 is 1.86 bits per heavy atom. The molecule has 4 aromatic rings. The number of nitrogens with one attached hydrogen (secondary N) is 2. The minimum atomic E-state index is -4.55. The van der Waals surface area contributed by atoms with Crippen LogP contribution in [0.4, 0.5) is 18.9 Å². The summed E-state index contributed by atoms with van der Waals surface area (Å²) in [5.41, 5.74) is 3.53. The Morgan fingerprint density at radius 3 is 2.51 bits per heavy atom. The highest BCUT2D eigenvalue weighted by molar-refractivity contribution is 6.04. The Bertz CT molecular complexity index is 1440. The number of alkyl halides is 3. The fourth-order valence-electron chi connectivity index (χ4n) is 3.84. The number of hydrogen-bond acceptors (Lipinski definition) is 5. The lowest BCUT2D eigenvalue weighted by atomic mass is 10.0. The summed E-state index contributed by atoms with van der Waals surface area (Å²) in [6.07, 6.45) is -1.10. The largest absolute Gasteiger partial charge is 0.416 e. The van der Waals surface area contributed by atoms with Crippen LogP contribution in [0.2, 0.25) is 0 Å². The number of benzene rings is 2. The van der Waals surface area contributed by atoms with Gasteiger partial charge in [0.05, 0.1) is 23.6 Å². The van der Waals surface area contributed by atoms with Crippen molar-refractivity contribution in [2.75, 3.05) is 5.32 Å². The van der Waals surface area contributed by atoms with E-state index < -0.39 is 17.6 Å². The molecule has 0 fully saturated rings. The van der Waals surface area contributed by atoms with Gasteiger partial charge in [-0.05, 0) is 49.2 Å². The molecule has 2 N–H and O–H groups in total. The third-order valence-corrected chi connectivity index (χ3v) is 6.10. The maximum atomic E-state index is 13.7. The zero-order chi connectivity index (χ0) is 26.9. The van der Waals surface area contributed by atoms with Crippen LogP contribution in [0.1, 0.15) is 46.6 Å². The third-order valence-electron chi connectivity index (χ3n) is 6.10. The van der Waals surface area contributed by atoms with Gasteiger partial charge in [0.15, 0.2) is 0 Å². The monoisotopic (exact) mass is 511 g/mol. The molecule has 11 heteroatoms. The van der Waals surface area contributed by atoms with Crippen LogP contribution in [0.5, 0.6) is 0 Å². The van der Waals surface area contributed by atoms with Crippen LogP contribution >= 0.6 is 0 Å². The molecule has 0 aliphatic heterocycles. The predicted molar refractivity (Wildman–Crippen MR) is 134 cm³/mol. The van der Waals surface area contributed by atoms with Crippen LogP contribution in [0.25, 0.3) is 16.9 Å². The summed E-state index contributed by atoms with van der Waals surface area (Å²) in [6.45, 7) is 7.58. The molecule has 1 amide bonds. The first-order valence-electron chi connectivity index (χ1n) is 11.7. The molecule has 194 valence electrons. The minimum Gasteiger partial charge on any atom is -0.322 e. The summed E-state index contributed by atoms with van der Waals surface area (Å²) >= 11 is 0. The van der Waals surface area contributed by atoms with Crippen molar-refractivity contribution in [2.45, 2.75) is 46.5 Å². The highest BCUT2D eigenvalue weighted by atomic mass is 19.4. The van der Waals surface area contributed by atoms with E-state index >= 15 is 0 Å². The van der Waals surface area contributed by atoms with Crippen molar-refractivity contribution in [3.63, 3.8) is 0 Å². The standard InChI is InChI=1S/C26H28F3N7O/c1-15(2)30-12-19-8-9-20(11-22(19)26(27,28)29)32-25(37)18-7-6-16(3)24(10-18)36-14-23(33-34-36)21-13-31-35(5)17(21)4/h6-11,13-15,30H,12H2,1-5H3,(H,32,37). The van der Waals surface area contributed by atoms with Crippen molar-refractivity contribution in [1.82, 2.24) is 30.1 Å². The number of halogens is 3. The number of carbonyl (C=O) groups excluding carboxylic acids is 1. The molecule has 2 heterocycles. The molecule has 2 aromatic carbocycles. The Hall–Kier alpha value is -3.99. The zero-order valence-electron chi connectivity index (χ0n) is 21.2. The number of anilines is 1. The van der Waals surface area contributed by atoms with Crippen molar-refractivity contribution < 1.29 is 18.0 Å². The fraction of sp³-hybridized carbons (Fsp3) is 0.308. The van der Waals surface area contributed by atoms with E-state index in [1.54, 1.807) is 40.0 Å². The molecule has 0 saturated heterocycles. The number of nitrogens with zero attached hydrogens (tertiary/aromatic N) is 5. The first-order chi connectivity index (χ1) is 17.4. The molecule has 0 spiro atoms. The quantitative estimate of drug-likeness (QED) is 0.362. The summed E-state index contributed by atoms with van der Waals surface area (Å²) in [6, 6.07) is 8.84. The minimum absolute atomic E-state index is 0.0330. The van der Waals surface area contributed by atoms with E-state index in [1.807, 2.05) is 34.7 Å². The second kappa shape index (κ2) is 10.2. The number of aromatic nitrogens is 5. The van der Waals surface area contributed by atoms with Gasteiger partial charge in [0.2, 0.25) is 0 Å². The van der Waals surface area contributed by atoms with Gasteiger partial charge in [-0.25, -0.2) is 4.68 Å². The van der Waals surface area contributed by atoms with E-state index in [9.17, 15) is 18.0 Å². The van der Waals surface area contributed by atoms with Gasteiger partial charge in [0.25, 0.3) is 5.91 Å². The van der Waals surface area contributed by atoms with E-state index in [1.165, 1.54) is 12.1 Å². The molecule has 0 bridgehead atoms. The lowest BCUT2D eigenvalue weighted by Gasteiger charge is -2.17. The molecule has 4 rings (SSSR count). The van der Waals surface area contributed by atoms with Crippen LogP contribution in [-0.2, 0) is 19.8 Å². The molecule has 0 aliphatic rings. The van der Waals surface area contributed by atoms with E-state index in [-0.39, 0.29) is 29.4 Å². The SMILES string of the molecule is Cc1ccc(C(=O)Nc2ccc(CNC(C)C)c(C(F)(F)F)c2)cc1-n1cc(-c2cnn(C)c2C)nn1. The second-order valence-electron chi connectivity index (χ2n) is 9.18. The number of amides is 1. The number of rotatable bonds is 7. The van der Waals surface area contributed by atoms with Gasteiger partial charge in [-0.1, -0.05) is 31.2 Å². The van der Waals surface area contributed by atoms with Crippen molar-refractivity contribution >= 4 is 11.6 Å². The molecule has 0 radical (unpaired) electrons. The van der Waals surface area contributed by atoms with Crippen LogP contribution in [-0.4, -0.2) is 36.7 Å². The number of aryl methyl sites for hydroxylation is 2.